The maximum absolute atomic E-state index is 12.4. The molecule has 2 amide bonds. The number of rotatable bonds is 6. The predicted octanol–water partition coefficient (Wildman–Crippen LogP) is 0.00330. The highest BCUT2D eigenvalue weighted by Crippen LogP contribution is 2.24. The van der Waals surface area contributed by atoms with Crippen molar-refractivity contribution in [3.63, 3.8) is 0 Å². The Morgan fingerprint density at radius 3 is 2.38 bits per heavy atom. The highest BCUT2D eigenvalue weighted by atomic mass is 32.2. The zero-order valence-electron chi connectivity index (χ0n) is 16.5. The molecule has 2 aromatic carbocycles. The van der Waals surface area contributed by atoms with Crippen molar-refractivity contribution >= 4 is 46.2 Å². The first kappa shape index (κ1) is 20.8. The number of carbonyl (C=O) groups excluding carboxylic acids is 2. The van der Waals surface area contributed by atoms with Crippen LogP contribution in [0.3, 0.4) is 0 Å². The first-order valence-electron chi connectivity index (χ1n) is 9.08. The fraction of sp³-hybridized carbons (Fsp3) is 0.200. The lowest BCUT2D eigenvalue weighted by molar-refractivity contribution is -0.114. The van der Waals surface area contributed by atoms with E-state index in [1.807, 2.05) is 32.9 Å². The third kappa shape index (κ3) is 4.75. The molecule has 0 radical (unpaired) electrons. The number of nitrogens with one attached hydrogen (secondary N) is 2. The SMILES string of the molecule is Bc1ccc2c(c1)/C(=C/Nc1ccc(S(=O)(=O)CCN(C)C)cc1)C(=O)NC2=O. The summed E-state index contributed by atoms with van der Waals surface area (Å²) in [6.45, 7) is 0.446. The van der Waals surface area contributed by atoms with Crippen molar-refractivity contribution < 1.29 is 18.0 Å². The molecule has 0 unspecified atom stereocenters. The molecule has 1 aliphatic heterocycles. The zero-order valence-corrected chi connectivity index (χ0v) is 17.3. The predicted molar refractivity (Wildman–Crippen MR) is 116 cm³/mol. The van der Waals surface area contributed by atoms with Gasteiger partial charge in [0.1, 0.15) is 7.85 Å². The van der Waals surface area contributed by atoms with Gasteiger partial charge < -0.3 is 10.2 Å². The van der Waals surface area contributed by atoms with Crippen LogP contribution in [0.5, 0.6) is 0 Å². The van der Waals surface area contributed by atoms with Gasteiger partial charge in [0, 0.05) is 29.6 Å². The van der Waals surface area contributed by atoms with E-state index in [4.69, 9.17) is 0 Å². The lowest BCUT2D eigenvalue weighted by Gasteiger charge is -2.19. The van der Waals surface area contributed by atoms with E-state index in [0.717, 1.165) is 5.46 Å². The van der Waals surface area contributed by atoms with Gasteiger partial charge in [-0.25, -0.2) is 8.42 Å². The van der Waals surface area contributed by atoms with Crippen molar-refractivity contribution in [3.05, 3.63) is 59.8 Å². The fourth-order valence-corrected chi connectivity index (χ4v) is 4.31. The molecule has 2 aromatic rings. The lowest BCUT2D eigenvalue weighted by Crippen LogP contribution is -2.37. The van der Waals surface area contributed by atoms with Crippen LogP contribution in [0, 0.1) is 0 Å². The van der Waals surface area contributed by atoms with E-state index in [2.05, 4.69) is 10.6 Å². The van der Waals surface area contributed by atoms with Crippen molar-refractivity contribution in [1.82, 2.24) is 10.2 Å². The molecule has 0 aromatic heterocycles. The van der Waals surface area contributed by atoms with Gasteiger partial charge in [-0.3, -0.25) is 14.9 Å². The normalized spacial score (nSPS) is 15.3. The van der Waals surface area contributed by atoms with Crippen molar-refractivity contribution in [2.45, 2.75) is 4.90 Å². The number of anilines is 1. The number of amides is 2. The summed E-state index contributed by atoms with van der Waals surface area (Å²) in [7, 11) is 2.18. The average Bonchev–Trinajstić information content (AvgIpc) is 2.66. The Kier molecular flexibility index (Phi) is 5.90. The molecule has 2 N–H and O–H groups in total. The Labute approximate surface area is 171 Å². The maximum atomic E-state index is 12.4. The molecular weight excluding hydrogens is 389 g/mol. The molecule has 1 heterocycles. The highest BCUT2D eigenvalue weighted by molar-refractivity contribution is 7.91. The van der Waals surface area contributed by atoms with Gasteiger partial charge in [-0.15, -0.1) is 0 Å². The van der Waals surface area contributed by atoms with Gasteiger partial charge in [0.25, 0.3) is 11.8 Å². The van der Waals surface area contributed by atoms with Crippen molar-refractivity contribution in [3.8, 4) is 0 Å². The van der Waals surface area contributed by atoms with Gasteiger partial charge in [-0.1, -0.05) is 17.6 Å². The van der Waals surface area contributed by atoms with E-state index in [1.165, 1.54) is 18.3 Å². The van der Waals surface area contributed by atoms with Gasteiger partial charge in [0.2, 0.25) is 0 Å². The van der Waals surface area contributed by atoms with E-state index in [9.17, 15) is 18.0 Å². The smallest absolute Gasteiger partial charge is 0.260 e. The minimum absolute atomic E-state index is 0.0428. The van der Waals surface area contributed by atoms with Crippen LogP contribution in [-0.2, 0) is 14.6 Å². The highest BCUT2D eigenvalue weighted by Gasteiger charge is 2.27. The van der Waals surface area contributed by atoms with Gasteiger partial charge in [0.15, 0.2) is 9.84 Å². The molecule has 0 aliphatic carbocycles. The number of carbonyl (C=O) groups is 2. The minimum Gasteiger partial charge on any atom is -0.361 e. The van der Waals surface area contributed by atoms with Gasteiger partial charge in [-0.05, 0) is 44.4 Å². The number of imide groups is 1. The Morgan fingerprint density at radius 2 is 1.72 bits per heavy atom. The summed E-state index contributed by atoms with van der Waals surface area (Å²) in [4.78, 5) is 26.4. The van der Waals surface area contributed by atoms with Crippen LogP contribution in [0.2, 0.25) is 0 Å². The summed E-state index contributed by atoms with van der Waals surface area (Å²) in [5.41, 5.74) is 2.90. The molecule has 150 valence electrons. The number of sulfone groups is 1. The van der Waals surface area contributed by atoms with Gasteiger partial charge in [-0.2, -0.15) is 0 Å². The molecular formula is C20H22BN3O4S. The van der Waals surface area contributed by atoms with Crippen LogP contribution in [0.25, 0.3) is 5.57 Å². The number of hydrogen-bond donors (Lipinski definition) is 2. The van der Waals surface area contributed by atoms with Crippen LogP contribution in [0.4, 0.5) is 5.69 Å². The second-order valence-corrected chi connectivity index (χ2v) is 9.29. The molecule has 9 heteroatoms. The maximum Gasteiger partial charge on any atom is 0.260 e. The van der Waals surface area contributed by atoms with Crippen molar-refractivity contribution in [2.24, 2.45) is 0 Å². The fourth-order valence-electron chi connectivity index (χ4n) is 2.92. The van der Waals surface area contributed by atoms with E-state index in [0.29, 0.717) is 28.9 Å². The minimum atomic E-state index is -3.35. The van der Waals surface area contributed by atoms with Crippen LogP contribution >= 0.6 is 0 Å². The Bertz CT molecular complexity index is 1090. The zero-order chi connectivity index (χ0) is 21.2. The first-order chi connectivity index (χ1) is 13.7. The van der Waals surface area contributed by atoms with E-state index in [1.54, 1.807) is 24.3 Å². The molecule has 7 nitrogen and oxygen atoms in total. The first-order valence-corrected chi connectivity index (χ1v) is 10.7. The summed E-state index contributed by atoms with van der Waals surface area (Å²) < 4.78 is 24.7. The summed E-state index contributed by atoms with van der Waals surface area (Å²) in [5.74, 6) is -0.862. The summed E-state index contributed by atoms with van der Waals surface area (Å²) in [6.07, 6.45) is 1.52. The molecule has 0 saturated carbocycles. The summed E-state index contributed by atoms with van der Waals surface area (Å²) >= 11 is 0. The molecule has 0 atom stereocenters. The van der Waals surface area contributed by atoms with Crippen molar-refractivity contribution in [1.29, 1.82) is 0 Å². The number of nitrogens with zero attached hydrogens (tertiary/aromatic N) is 1. The molecule has 3 rings (SSSR count). The summed E-state index contributed by atoms with van der Waals surface area (Å²) in [5, 5.41) is 5.34. The molecule has 0 saturated heterocycles. The van der Waals surface area contributed by atoms with E-state index in [-0.39, 0.29) is 10.6 Å². The molecule has 29 heavy (non-hydrogen) atoms. The van der Waals surface area contributed by atoms with Gasteiger partial charge >= 0.3 is 0 Å². The molecule has 0 bridgehead atoms. The second-order valence-electron chi connectivity index (χ2n) is 7.18. The van der Waals surface area contributed by atoms with Crippen LogP contribution < -0.4 is 16.1 Å². The summed E-state index contributed by atoms with van der Waals surface area (Å²) in [6, 6.07) is 11.6. The monoisotopic (exact) mass is 411 g/mol. The average molecular weight is 411 g/mol. The van der Waals surface area contributed by atoms with E-state index >= 15 is 0 Å². The Morgan fingerprint density at radius 1 is 1.03 bits per heavy atom. The topological polar surface area (TPSA) is 95.6 Å². The Balaban J connectivity index is 1.82. The number of fused-ring (bicyclic) bond motifs is 1. The van der Waals surface area contributed by atoms with Gasteiger partial charge in [0.05, 0.1) is 16.2 Å². The lowest BCUT2D eigenvalue weighted by atomic mass is 9.87. The van der Waals surface area contributed by atoms with Crippen LogP contribution in [0.15, 0.2) is 53.6 Å². The largest absolute Gasteiger partial charge is 0.361 e. The second kappa shape index (κ2) is 8.22. The van der Waals surface area contributed by atoms with Crippen LogP contribution in [0.1, 0.15) is 15.9 Å². The molecule has 1 aliphatic rings. The Hall–Kier alpha value is -2.91. The molecule has 0 fully saturated rings. The third-order valence-electron chi connectivity index (χ3n) is 4.59. The van der Waals surface area contributed by atoms with Crippen molar-refractivity contribution in [2.75, 3.05) is 31.7 Å². The quantitative estimate of drug-likeness (QED) is 0.395. The number of hydrogen-bond acceptors (Lipinski definition) is 6. The van der Waals surface area contributed by atoms with Crippen LogP contribution in [-0.4, -0.2) is 59.4 Å². The standard InChI is InChI=1S/C20H22BN3O4S/c1-24(2)9-10-29(27,28)15-6-4-14(5-7-15)22-12-18-17-11-13(21)3-8-16(17)19(25)23-20(18)26/h3-8,11-12,22H,9-10,21H2,1-2H3,(H,23,25,26)/b18-12-. The van der Waals surface area contributed by atoms with E-state index < -0.39 is 21.7 Å². The molecule has 0 spiro atoms. The third-order valence-corrected chi connectivity index (χ3v) is 6.30. The number of benzene rings is 2.